The van der Waals surface area contributed by atoms with E-state index >= 15 is 0 Å². The van der Waals surface area contributed by atoms with Crippen LogP contribution in [0.25, 0.3) is 0 Å². The van der Waals surface area contributed by atoms with Crippen molar-refractivity contribution in [1.82, 2.24) is 16.0 Å². The molecule has 1 aliphatic heterocycles. The predicted octanol–water partition coefficient (Wildman–Crippen LogP) is 1.28. The van der Waals surface area contributed by atoms with E-state index in [9.17, 15) is 14.7 Å². The summed E-state index contributed by atoms with van der Waals surface area (Å²) in [6.07, 6.45) is 2.60. The number of aliphatic hydroxyl groups excluding tert-OH is 1. The zero-order valence-corrected chi connectivity index (χ0v) is 16.6. The van der Waals surface area contributed by atoms with Gasteiger partial charge < -0.3 is 25.8 Å². The van der Waals surface area contributed by atoms with Gasteiger partial charge in [0, 0.05) is 12.1 Å². The molecule has 0 unspecified atom stereocenters. The number of carbonyl (C=O) groups is 2. The first kappa shape index (κ1) is 20.6. The molecule has 1 fully saturated rings. The smallest absolute Gasteiger partial charge is 0.315 e. The fourth-order valence-corrected chi connectivity index (χ4v) is 4.07. The van der Waals surface area contributed by atoms with E-state index in [1.165, 1.54) is 11.1 Å². The minimum absolute atomic E-state index is 0.0246. The van der Waals surface area contributed by atoms with Gasteiger partial charge in [-0.1, -0.05) is 24.3 Å². The molecule has 1 aromatic carbocycles. The molecule has 1 heterocycles. The van der Waals surface area contributed by atoms with Crippen molar-refractivity contribution in [2.24, 2.45) is 0 Å². The van der Waals surface area contributed by atoms with Crippen LogP contribution < -0.4 is 16.0 Å². The van der Waals surface area contributed by atoms with Gasteiger partial charge in [-0.2, -0.15) is 0 Å². The van der Waals surface area contributed by atoms with Gasteiger partial charge in [0.2, 0.25) is 5.91 Å². The SMILES string of the molecule is CC(C)NC(=O)N[C@H]1CC[C@@H](CC(=O)NC2Cc3ccccc3C2)O[C@H]1CO. The number of urea groups is 1. The number of hydrogen-bond donors (Lipinski definition) is 4. The number of carbonyl (C=O) groups excluding carboxylic acids is 2. The molecule has 0 spiro atoms. The minimum Gasteiger partial charge on any atom is -0.394 e. The van der Waals surface area contributed by atoms with E-state index in [4.69, 9.17) is 4.74 Å². The van der Waals surface area contributed by atoms with Crippen LogP contribution in [-0.4, -0.2) is 54.0 Å². The van der Waals surface area contributed by atoms with Gasteiger partial charge in [-0.25, -0.2) is 4.79 Å². The Kier molecular flexibility index (Phi) is 6.91. The summed E-state index contributed by atoms with van der Waals surface area (Å²) in [4.78, 5) is 24.4. The summed E-state index contributed by atoms with van der Waals surface area (Å²) in [5.74, 6) is -0.0246. The molecule has 4 N–H and O–H groups in total. The Morgan fingerprint density at radius 1 is 1.14 bits per heavy atom. The molecule has 7 heteroatoms. The number of nitrogens with one attached hydrogen (secondary N) is 3. The monoisotopic (exact) mass is 389 g/mol. The maximum atomic E-state index is 12.5. The first-order valence-electron chi connectivity index (χ1n) is 10.1. The third-order valence-corrected chi connectivity index (χ3v) is 5.36. The molecule has 3 atom stereocenters. The van der Waals surface area contributed by atoms with Crippen LogP contribution in [-0.2, 0) is 22.4 Å². The molecule has 1 aromatic rings. The van der Waals surface area contributed by atoms with Crippen LogP contribution in [0.5, 0.6) is 0 Å². The lowest BCUT2D eigenvalue weighted by Gasteiger charge is -2.36. The Morgan fingerprint density at radius 3 is 2.43 bits per heavy atom. The Morgan fingerprint density at radius 2 is 1.82 bits per heavy atom. The van der Waals surface area contributed by atoms with Crippen LogP contribution >= 0.6 is 0 Å². The highest BCUT2D eigenvalue weighted by molar-refractivity contribution is 5.77. The van der Waals surface area contributed by atoms with E-state index in [-0.39, 0.29) is 49.2 Å². The second-order valence-corrected chi connectivity index (χ2v) is 8.08. The first-order chi connectivity index (χ1) is 13.4. The molecule has 3 rings (SSSR count). The van der Waals surface area contributed by atoms with Crippen molar-refractivity contribution in [3.05, 3.63) is 35.4 Å². The second kappa shape index (κ2) is 9.39. The minimum atomic E-state index is -0.500. The van der Waals surface area contributed by atoms with E-state index in [1.807, 2.05) is 26.0 Å². The van der Waals surface area contributed by atoms with E-state index in [2.05, 4.69) is 28.1 Å². The Hall–Kier alpha value is -2.12. The summed E-state index contributed by atoms with van der Waals surface area (Å²) in [7, 11) is 0. The van der Waals surface area contributed by atoms with E-state index in [0.29, 0.717) is 12.8 Å². The van der Waals surface area contributed by atoms with Gasteiger partial charge in [-0.15, -0.1) is 0 Å². The highest BCUT2D eigenvalue weighted by Gasteiger charge is 2.33. The van der Waals surface area contributed by atoms with Crippen molar-refractivity contribution in [1.29, 1.82) is 0 Å². The van der Waals surface area contributed by atoms with Gasteiger partial charge in [-0.05, 0) is 50.7 Å². The highest BCUT2D eigenvalue weighted by Crippen LogP contribution is 2.24. The Balaban J connectivity index is 1.44. The van der Waals surface area contributed by atoms with Crippen molar-refractivity contribution in [2.75, 3.05) is 6.61 Å². The second-order valence-electron chi connectivity index (χ2n) is 8.08. The molecule has 0 aromatic heterocycles. The third kappa shape index (κ3) is 5.45. The van der Waals surface area contributed by atoms with Crippen molar-refractivity contribution < 1.29 is 19.4 Å². The van der Waals surface area contributed by atoms with Crippen molar-refractivity contribution in [3.8, 4) is 0 Å². The van der Waals surface area contributed by atoms with Crippen molar-refractivity contribution >= 4 is 11.9 Å². The van der Waals surface area contributed by atoms with Crippen LogP contribution in [0.2, 0.25) is 0 Å². The molecule has 1 aliphatic carbocycles. The number of benzene rings is 1. The van der Waals surface area contributed by atoms with Crippen LogP contribution in [0.1, 0.15) is 44.2 Å². The number of ether oxygens (including phenoxy) is 1. The predicted molar refractivity (Wildman–Crippen MR) is 106 cm³/mol. The highest BCUT2D eigenvalue weighted by atomic mass is 16.5. The maximum absolute atomic E-state index is 12.5. The van der Waals surface area contributed by atoms with Gasteiger partial charge in [-0.3, -0.25) is 4.79 Å². The largest absolute Gasteiger partial charge is 0.394 e. The van der Waals surface area contributed by atoms with Gasteiger partial charge in [0.15, 0.2) is 0 Å². The van der Waals surface area contributed by atoms with E-state index < -0.39 is 6.10 Å². The number of amides is 3. The third-order valence-electron chi connectivity index (χ3n) is 5.36. The molecule has 0 bridgehead atoms. The van der Waals surface area contributed by atoms with Gasteiger partial charge in [0.1, 0.15) is 6.10 Å². The van der Waals surface area contributed by atoms with E-state index in [1.54, 1.807) is 0 Å². The van der Waals surface area contributed by atoms with Gasteiger partial charge in [0.05, 0.1) is 25.2 Å². The standard InChI is InChI=1S/C21H31N3O4/c1-13(2)22-21(27)24-18-8-7-17(28-19(18)12-25)11-20(26)23-16-9-14-5-3-4-6-15(14)10-16/h3-6,13,16-19,25H,7-12H2,1-2H3,(H,23,26)(H2,22,24,27)/t17-,18-,19-/m0/s1. The summed E-state index contributed by atoms with van der Waals surface area (Å²) < 4.78 is 5.90. The summed E-state index contributed by atoms with van der Waals surface area (Å²) in [5.41, 5.74) is 2.60. The number of rotatable bonds is 6. The molecule has 2 aliphatic rings. The molecule has 1 saturated heterocycles. The van der Waals surface area contributed by atoms with Crippen LogP contribution in [0.3, 0.4) is 0 Å². The maximum Gasteiger partial charge on any atom is 0.315 e. The number of hydrogen-bond acceptors (Lipinski definition) is 4. The molecule has 28 heavy (non-hydrogen) atoms. The fraction of sp³-hybridized carbons (Fsp3) is 0.619. The lowest BCUT2D eigenvalue weighted by atomic mass is 9.97. The summed E-state index contributed by atoms with van der Waals surface area (Å²) in [6.45, 7) is 3.58. The molecule has 0 radical (unpaired) electrons. The zero-order valence-electron chi connectivity index (χ0n) is 16.6. The Bertz CT molecular complexity index is 669. The fourth-order valence-electron chi connectivity index (χ4n) is 4.07. The van der Waals surface area contributed by atoms with Gasteiger partial charge >= 0.3 is 6.03 Å². The molecule has 0 saturated carbocycles. The molecule has 7 nitrogen and oxygen atoms in total. The Labute approximate surface area is 166 Å². The van der Waals surface area contributed by atoms with Crippen molar-refractivity contribution in [2.45, 2.75) is 76.3 Å². The summed E-state index contributed by atoms with van der Waals surface area (Å²) in [5, 5.41) is 18.4. The van der Waals surface area contributed by atoms with Crippen LogP contribution in [0, 0.1) is 0 Å². The zero-order chi connectivity index (χ0) is 20.1. The summed E-state index contributed by atoms with van der Waals surface area (Å²) >= 11 is 0. The van der Waals surface area contributed by atoms with Crippen LogP contribution in [0.4, 0.5) is 4.79 Å². The topological polar surface area (TPSA) is 99.7 Å². The quantitative estimate of drug-likeness (QED) is 0.589. The molecule has 3 amide bonds. The lowest BCUT2D eigenvalue weighted by Crippen LogP contribution is -2.54. The molecular formula is C21H31N3O4. The first-order valence-corrected chi connectivity index (χ1v) is 10.1. The molecular weight excluding hydrogens is 358 g/mol. The van der Waals surface area contributed by atoms with E-state index in [0.717, 1.165) is 12.8 Å². The average Bonchev–Trinajstić information content (AvgIpc) is 3.04. The van der Waals surface area contributed by atoms with Gasteiger partial charge in [0.25, 0.3) is 0 Å². The number of fused-ring (bicyclic) bond motifs is 1. The summed E-state index contributed by atoms with van der Waals surface area (Å²) in [6, 6.07) is 7.93. The molecule has 154 valence electrons. The lowest BCUT2D eigenvalue weighted by molar-refractivity contribution is -0.131. The normalized spacial score (nSPS) is 24.6. The van der Waals surface area contributed by atoms with Crippen molar-refractivity contribution in [3.63, 3.8) is 0 Å². The number of aliphatic hydroxyl groups is 1. The average molecular weight is 389 g/mol. The van der Waals surface area contributed by atoms with Crippen LogP contribution in [0.15, 0.2) is 24.3 Å².